The van der Waals surface area contributed by atoms with Crippen molar-refractivity contribution in [3.8, 4) is 0 Å². The summed E-state index contributed by atoms with van der Waals surface area (Å²) >= 11 is 6.08. The Morgan fingerprint density at radius 3 is 2.70 bits per heavy atom. The third-order valence-electron chi connectivity index (χ3n) is 3.06. The molecule has 4 nitrogen and oxygen atoms in total. The van der Waals surface area contributed by atoms with Gasteiger partial charge in [0, 0.05) is 12.2 Å². The van der Waals surface area contributed by atoms with E-state index in [2.05, 4.69) is 5.32 Å². The van der Waals surface area contributed by atoms with E-state index in [-0.39, 0.29) is 5.56 Å². The maximum absolute atomic E-state index is 11.3. The number of benzene rings is 2. The van der Waals surface area contributed by atoms with Crippen molar-refractivity contribution in [1.82, 2.24) is 0 Å². The topological polar surface area (TPSA) is 75.3 Å². The van der Waals surface area contributed by atoms with E-state index in [0.717, 1.165) is 11.1 Å². The Balaban J connectivity index is 2.30. The van der Waals surface area contributed by atoms with Gasteiger partial charge in [-0.2, -0.15) is 0 Å². The minimum atomic E-state index is -1.06. The van der Waals surface area contributed by atoms with Crippen LogP contribution >= 0.6 is 11.6 Å². The lowest BCUT2D eigenvalue weighted by Gasteiger charge is -2.13. The van der Waals surface area contributed by atoms with Gasteiger partial charge in [-0.05, 0) is 30.2 Å². The summed E-state index contributed by atoms with van der Waals surface area (Å²) in [4.78, 5) is 11.3. The molecule has 0 unspecified atom stereocenters. The average Bonchev–Trinajstić information content (AvgIpc) is 2.38. The lowest BCUT2D eigenvalue weighted by molar-refractivity contribution is 0.0698. The van der Waals surface area contributed by atoms with Crippen LogP contribution in [0.25, 0.3) is 0 Å². The van der Waals surface area contributed by atoms with Crippen LogP contribution in [-0.4, -0.2) is 11.1 Å². The van der Waals surface area contributed by atoms with Gasteiger partial charge < -0.3 is 16.2 Å². The van der Waals surface area contributed by atoms with Gasteiger partial charge in [-0.3, -0.25) is 0 Å². The van der Waals surface area contributed by atoms with Gasteiger partial charge >= 0.3 is 5.97 Å². The average molecular weight is 291 g/mol. The molecule has 4 N–H and O–H groups in total. The van der Waals surface area contributed by atoms with E-state index >= 15 is 0 Å². The van der Waals surface area contributed by atoms with Gasteiger partial charge in [-0.1, -0.05) is 35.9 Å². The van der Waals surface area contributed by atoms with Gasteiger partial charge in [0.15, 0.2) is 0 Å². The van der Waals surface area contributed by atoms with Crippen molar-refractivity contribution in [1.29, 1.82) is 0 Å². The number of hydrogen-bond donors (Lipinski definition) is 3. The number of nitrogen functional groups attached to an aromatic ring is 1. The smallest absolute Gasteiger partial charge is 0.337 e. The molecule has 5 heteroatoms. The normalized spacial score (nSPS) is 10.3. The van der Waals surface area contributed by atoms with Gasteiger partial charge in [0.25, 0.3) is 0 Å². The van der Waals surface area contributed by atoms with Gasteiger partial charge in [0.05, 0.1) is 16.3 Å². The number of aryl methyl sites for hydroxylation is 1. The molecule has 0 heterocycles. The Hall–Kier alpha value is -2.20. The Morgan fingerprint density at radius 2 is 2.05 bits per heavy atom. The van der Waals surface area contributed by atoms with Gasteiger partial charge in [-0.25, -0.2) is 4.79 Å². The van der Waals surface area contributed by atoms with E-state index in [0.29, 0.717) is 22.9 Å². The summed E-state index contributed by atoms with van der Waals surface area (Å²) in [7, 11) is 0. The minimum Gasteiger partial charge on any atom is -0.478 e. The maximum Gasteiger partial charge on any atom is 0.337 e. The first-order valence-corrected chi connectivity index (χ1v) is 6.47. The molecule has 0 fully saturated rings. The Kier molecular flexibility index (Phi) is 4.15. The van der Waals surface area contributed by atoms with Gasteiger partial charge in [-0.15, -0.1) is 0 Å². The molecule has 0 saturated heterocycles. The quantitative estimate of drug-likeness (QED) is 0.753. The van der Waals surface area contributed by atoms with Crippen molar-refractivity contribution >= 4 is 28.9 Å². The van der Waals surface area contributed by atoms with Crippen molar-refractivity contribution in [2.24, 2.45) is 0 Å². The van der Waals surface area contributed by atoms with Gasteiger partial charge in [0.1, 0.15) is 0 Å². The molecule has 2 aromatic carbocycles. The van der Waals surface area contributed by atoms with Crippen LogP contribution in [0.1, 0.15) is 21.5 Å². The van der Waals surface area contributed by atoms with E-state index in [1.165, 1.54) is 12.1 Å². The van der Waals surface area contributed by atoms with Crippen LogP contribution < -0.4 is 11.1 Å². The summed E-state index contributed by atoms with van der Waals surface area (Å²) in [6.07, 6.45) is 0. The lowest BCUT2D eigenvalue weighted by Crippen LogP contribution is -2.08. The summed E-state index contributed by atoms with van der Waals surface area (Å²) in [5, 5.41) is 12.6. The fraction of sp³-hybridized carbons (Fsp3) is 0.133. The maximum atomic E-state index is 11.3. The van der Waals surface area contributed by atoms with Crippen LogP contribution in [0.5, 0.6) is 0 Å². The molecule has 0 aliphatic heterocycles. The van der Waals surface area contributed by atoms with Crippen LogP contribution in [-0.2, 0) is 6.54 Å². The fourth-order valence-electron chi connectivity index (χ4n) is 1.97. The number of aromatic carboxylic acids is 1. The molecule has 20 heavy (non-hydrogen) atoms. The first-order valence-electron chi connectivity index (χ1n) is 6.09. The summed E-state index contributed by atoms with van der Waals surface area (Å²) in [5.74, 6) is -1.06. The molecule has 0 radical (unpaired) electrons. The molecule has 2 aromatic rings. The summed E-state index contributed by atoms with van der Waals surface area (Å²) in [5.41, 5.74) is 8.62. The molecule has 0 spiro atoms. The molecule has 2 rings (SSSR count). The molecule has 104 valence electrons. The van der Waals surface area contributed by atoms with Crippen LogP contribution in [0.3, 0.4) is 0 Å². The largest absolute Gasteiger partial charge is 0.478 e. The van der Waals surface area contributed by atoms with Crippen molar-refractivity contribution in [2.45, 2.75) is 13.5 Å². The van der Waals surface area contributed by atoms with Crippen molar-refractivity contribution in [2.75, 3.05) is 11.1 Å². The van der Waals surface area contributed by atoms with Crippen LogP contribution in [0.2, 0.25) is 5.02 Å². The highest BCUT2D eigenvalue weighted by Gasteiger charge is 2.14. The molecule has 0 aliphatic rings. The van der Waals surface area contributed by atoms with Crippen LogP contribution in [0.4, 0.5) is 11.4 Å². The van der Waals surface area contributed by atoms with Gasteiger partial charge in [0.2, 0.25) is 0 Å². The second-order valence-electron chi connectivity index (χ2n) is 4.51. The molecule has 0 atom stereocenters. The summed E-state index contributed by atoms with van der Waals surface area (Å²) in [6.45, 7) is 2.50. The number of halogens is 1. The zero-order chi connectivity index (χ0) is 14.7. The van der Waals surface area contributed by atoms with E-state index in [9.17, 15) is 9.90 Å². The molecule has 0 bridgehead atoms. The van der Waals surface area contributed by atoms with E-state index < -0.39 is 5.97 Å². The number of carboxylic acids is 1. The third kappa shape index (κ3) is 3.03. The molecule has 0 amide bonds. The van der Waals surface area contributed by atoms with E-state index in [1.54, 1.807) is 0 Å². The predicted molar refractivity (Wildman–Crippen MR) is 81.3 cm³/mol. The number of nitrogens with two attached hydrogens (primary N) is 1. The first-order chi connectivity index (χ1) is 9.49. The molecule has 0 aliphatic carbocycles. The van der Waals surface area contributed by atoms with Crippen LogP contribution in [0, 0.1) is 6.92 Å². The highest BCUT2D eigenvalue weighted by molar-refractivity contribution is 6.34. The number of anilines is 2. The highest BCUT2D eigenvalue weighted by Crippen LogP contribution is 2.30. The van der Waals surface area contributed by atoms with Crippen LogP contribution in [0.15, 0.2) is 36.4 Å². The number of carbonyl (C=O) groups is 1. The molecule has 0 saturated carbocycles. The monoisotopic (exact) mass is 290 g/mol. The molecule has 0 aromatic heterocycles. The molecular formula is C15H15ClN2O2. The SMILES string of the molecule is Cc1ccccc1CNc1c(Cl)cc(N)cc1C(=O)O. The zero-order valence-electron chi connectivity index (χ0n) is 11.0. The summed E-state index contributed by atoms with van der Waals surface area (Å²) in [6, 6.07) is 10.8. The van der Waals surface area contributed by atoms with E-state index in [1.807, 2.05) is 31.2 Å². The third-order valence-corrected chi connectivity index (χ3v) is 3.36. The standard InChI is InChI=1S/C15H15ClN2O2/c1-9-4-2-3-5-10(9)8-18-14-12(15(19)20)6-11(17)7-13(14)16/h2-7,18H,8,17H2,1H3,(H,19,20). The lowest BCUT2D eigenvalue weighted by atomic mass is 10.1. The Labute approximate surface area is 122 Å². The Bertz CT molecular complexity index is 656. The first kappa shape index (κ1) is 14.2. The number of carboxylic acid groups (broad SMARTS) is 1. The second kappa shape index (κ2) is 5.84. The Morgan fingerprint density at radius 1 is 1.35 bits per heavy atom. The molecular weight excluding hydrogens is 276 g/mol. The number of nitrogens with one attached hydrogen (secondary N) is 1. The van der Waals surface area contributed by atoms with E-state index in [4.69, 9.17) is 17.3 Å². The fourth-order valence-corrected chi connectivity index (χ4v) is 2.26. The summed E-state index contributed by atoms with van der Waals surface area (Å²) < 4.78 is 0. The predicted octanol–water partition coefficient (Wildman–Crippen LogP) is 3.54. The van der Waals surface area contributed by atoms with Crippen molar-refractivity contribution < 1.29 is 9.90 Å². The number of rotatable bonds is 4. The van der Waals surface area contributed by atoms with Crippen molar-refractivity contribution in [3.63, 3.8) is 0 Å². The number of hydrogen-bond acceptors (Lipinski definition) is 3. The highest BCUT2D eigenvalue weighted by atomic mass is 35.5. The zero-order valence-corrected chi connectivity index (χ0v) is 11.7. The second-order valence-corrected chi connectivity index (χ2v) is 4.92. The minimum absolute atomic E-state index is 0.0728. The van der Waals surface area contributed by atoms with Crippen molar-refractivity contribution in [3.05, 3.63) is 58.1 Å².